The number of hydrogen-bond acceptors (Lipinski definition) is 6. The first-order valence-electron chi connectivity index (χ1n) is 9.72. The van der Waals surface area contributed by atoms with Gasteiger partial charge in [-0.25, -0.2) is 4.68 Å². The van der Waals surface area contributed by atoms with Crippen molar-refractivity contribution in [2.24, 2.45) is 5.92 Å². The fourth-order valence-electron chi connectivity index (χ4n) is 3.68. The van der Waals surface area contributed by atoms with Gasteiger partial charge in [0.2, 0.25) is 11.8 Å². The number of rotatable bonds is 5. The van der Waals surface area contributed by atoms with Crippen LogP contribution in [-0.4, -0.2) is 41.4 Å². The van der Waals surface area contributed by atoms with Crippen molar-refractivity contribution >= 4 is 23.3 Å². The molecule has 1 saturated heterocycles. The van der Waals surface area contributed by atoms with Gasteiger partial charge in [0.05, 0.1) is 18.4 Å². The van der Waals surface area contributed by atoms with E-state index in [1.807, 2.05) is 12.1 Å². The molecule has 154 valence electrons. The SMILES string of the molecule is O=C(Nc1ccnn1Cc1ccco1)C1CC(=O)N(c2ccc3c(c2)OCCO3)C1. The van der Waals surface area contributed by atoms with E-state index in [2.05, 4.69) is 10.4 Å². The number of anilines is 2. The highest BCUT2D eigenvalue weighted by Crippen LogP contribution is 2.36. The summed E-state index contributed by atoms with van der Waals surface area (Å²) in [6, 6.07) is 10.7. The Morgan fingerprint density at radius 3 is 2.87 bits per heavy atom. The molecule has 0 radical (unpaired) electrons. The van der Waals surface area contributed by atoms with Gasteiger partial charge in [0.1, 0.15) is 31.3 Å². The van der Waals surface area contributed by atoms with Crippen LogP contribution in [0, 0.1) is 5.92 Å². The Bertz CT molecular complexity index is 1080. The minimum atomic E-state index is -0.460. The molecule has 5 rings (SSSR count). The first-order chi connectivity index (χ1) is 14.7. The fraction of sp³-hybridized carbons (Fsp3) is 0.286. The Morgan fingerprint density at radius 2 is 2.03 bits per heavy atom. The number of nitrogens with zero attached hydrogens (tertiary/aromatic N) is 3. The van der Waals surface area contributed by atoms with Gasteiger partial charge in [-0.3, -0.25) is 9.59 Å². The Kier molecular flexibility index (Phi) is 4.62. The third-order valence-electron chi connectivity index (χ3n) is 5.19. The number of fused-ring (bicyclic) bond motifs is 1. The molecule has 1 aromatic carbocycles. The number of carbonyl (C=O) groups is 2. The summed E-state index contributed by atoms with van der Waals surface area (Å²) in [4.78, 5) is 27.0. The molecule has 1 atom stereocenters. The second kappa shape index (κ2) is 7.58. The Labute approximate surface area is 172 Å². The lowest BCUT2D eigenvalue weighted by Crippen LogP contribution is -2.29. The van der Waals surface area contributed by atoms with Crippen molar-refractivity contribution in [2.45, 2.75) is 13.0 Å². The highest BCUT2D eigenvalue weighted by atomic mass is 16.6. The third kappa shape index (κ3) is 3.49. The van der Waals surface area contributed by atoms with E-state index in [-0.39, 0.29) is 18.2 Å². The number of ether oxygens (including phenoxy) is 2. The first-order valence-corrected chi connectivity index (χ1v) is 9.72. The fourth-order valence-corrected chi connectivity index (χ4v) is 3.68. The zero-order valence-corrected chi connectivity index (χ0v) is 16.1. The number of aromatic nitrogens is 2. The van der Waals surface area contributed by atoms with E-state index in [0.29, 0.717) is 49.3 Å². The van der Waals surface area contributed by atoms with Gasteiger partial charge >= 0.3 is 0 Å². The largest absolute Gasteiger partial charge is 0.486 e. The minimum absolute atomic E-state index is 0.101. The second-order valence-electron chi connectivity index (χ2n) is 7.18. The Hall–Kier alpha value is -3.75. The van der Waals surface area contributed by atoms with Crippen LogP contribution in [0.15, 0.2) is 53.3 Å². The average molecular weight is 408 g/mol. The van der Waals surface area contributed by atoms with Gasteiger partial charge in [-0.1, -0.05) is 0 Å². The van der Waals surface area contributed by atoms with E-state index < -0.39 is 5.92 Å². The molecule has 3 aromatic rings. The molecular weight excluding hydrogens is 388 g/mol. The third-order valence-corrected chi connectivity index (χ3v) is 5.19. The highest BCUT2D eigenvalue weighted by Gasteiger charge is 2.36. The van der Waals surface area contributed by atoms with Crippen molar-refractivity contribution in [3.8, 4) is 11.5 Å². The van der Waals surface area contributed by atoms with Gasteiger partial charge in [0.15, 0.2) is 11.5 Å². The van der Waals surface area contributed by atoms with Crippen molar-refractivity contribution in [3.05, 3.63) is 54.6 Å². The van der Waals surface area contributed by atoms with Crippen LogP contribution in [0.4, 0.5) is 11.5 Å². The zero-order chi connectivity index (χ0) is 20.5. The van der Waals surface area contributed by atoms with Crippen LogP contribution in [0.1, 0.15) is 12.2 Å². The summed E-state index contributed by atoms with van der Waals surface area (Å²) < 4.78 is 18.1. The van der Waals surface area contributed by atoms with Crippen LogP contribution in [0.2, 0.25) is 0 Å². The van der Waals surface area contributed by atoms with Crippen LogP contribution in [0.5, 0.6) is 11.5 Å². The number of hydrogen-bond donors (Lipinski definition) is 1. The average Bonchev–Trinajstić information content (AvgIpc) is 3.50. The summed E-state index contributed by atoms with van der Waals surface area (Å²) >= 11 is 0. The number of amides is 2. The quantitative estimate of drug-likeness (QED) is 0.696. The number of furan rings is 1. The van der Waals surface area contributed by atoms with Crippen molar-refractivity contribution in [1.29, 1.82) is 0 Å². The maximum absolute atomic E-state index is 12.8. The van der Waals surface area contributed by atoms with Crippen molar-refractivity contribution in [2.75, 3.05) is 30.0 Å². The maximum atomic E-state index is 12.8. The van der Waals surface area contributed by atoms with Crippen LogP contribution in [0.3, 0.4) is 0 Å². The van der Waals surface area contributed by atoms with Gasteiger partial charge < -0.3 is 24.1 Å². The smallest absolute Gasteiger partial charge is 0.230 e. The van der Waals surface area contributed by atoms with Gasteiger partial charge in [0.25, 0.3) is 0 Å². The second-order valence-corrected chi connectivity index (χ2v) is 7.18. The van der Waals surface area contributed by atoms with E-state index in [1.165, 1.54) is 0 Å². The summed E-state index contributed by atoms with van der Waals surface area (Å²) in [6.45, 7) is 1.69. The molecule has 1 N–H and O–H groups in total. The molecule has 2 aliphatic rings. The topological polar surface area (TPSA) is 98.8 Å². The zero-order valence-electron chi connectivity index (χ0n) is 16.1. The molecular formula is C21H20N4O5. The van der Waals surface area contributed by atoms with Crippen LogP contribution in [-0.2, 0) is 16.1 Å². The molecule has 0 saturated carbocycles. The maximum Gasteiger partial charge on any atom is 0.230 e. The Morgan fingerprint density at radius 1 is 1.17 bits per heavy atom. The normalized spacial score (nSPS) is 17.9. The molecule has 0 aliphatic carbocycles. The molecule has 0 spiro atoms. The van der Waals surface area contributed by atoms with E-state index >= 15 is 0 Å². The molecule has 0 bridgehead atoms. The van der Waals surface area contributed by atoms with E-state index in [1.54, 1.807) is 46.3 Å². The first kappa shape index (κ1) is 18.3. The van der Waals surface area contributed by atoms with E-state index in [4.69, 9.17) is 13.9 Å². The molecule has 1 unspecified atom stereocenters. The van der Waals surface area contributed by atoms with Crippen LogP contribution < -0.4 is 19.7 Å². The molecule has 2 amide bonds. The summed E-state index contributed by atoms with van der Waals surface area (Å²) in [7, 11) is 0. The van der Waals surface area contributed by atoms with Gasteiger partial charge in [-0.2, -0.15) is 5.10 Å². The van der Waals surface area contributed by atoms with Gasteiger partial charge in [-0.05, 0) is 24.3 Å². The number of carbonyl (C=O) groups excluding carboxylic acids is 2. The van der Waals surface area contributed by atoms with E-state index in [9.17, 15) is 9.59 Å². The Balaban J connectivity index is 1.27. The summed E-state index contributed by atoms with van der Waals surface area (Å²) in [5, 5.41) is 7.11. The highest BCUT2D eigenvalue weighted by molar-refractivity contribution is 6.03. The van der Waals surface area contributed by atoms with Crippen molar-refractivity contribution in [3.63, 3.8) is 0 Å². The molecule has 2 aromatic heterocycles. The van der Waals surface area contributed by atoms with Gasteiger partial charge in [0, 0.05) is 30.8 Å². The van der Waals surface area contributed by atoms with Crippen molar-refractivity contribution < 1.29 is 23.5 Å². The lowest BCUT2D eigenvalue weighted by molar-refractivity contribution is -0.122. The standard InChI is InChI=1S/C21H20N4O5/c26-20-10-14(12-24(20)15-3-4-17-18(11-15)30-9-8-29-17)21(27)23-19-5-6-22-25(19)13-16-2-1-7-28-16/h1-7,11,14H,8-10,12-13H2,(H,23,27). The summed E-state index contributed by atoms with van der Waals surface area (Å²) in [6.07, 6.45) is 3.35. The molecule has 1 fully saturated rings. The molecule has 30 heavy (non-hydrogen) atoms. The van der Waals surface area contributed by atoms with Crippen LogP contribution in [0.25, 0.3) is 0 Å². The number of benzene rings is 1. The van der Waals surface area contributed by atoms with Gasteiger partial charge in [-0.15, -0.1) is 0 Å². The lowest BCUT2D eigenvalue weighted by Gasteiger charge is -2.22. The summed E-state index contributed by atoms with van der Waals surface area (Å²) in [5.74, 6) is 1.78. The molecule has 4 heterocycles. The molecule has 9 heteroatoms. The van der Waals surface area contributed by atoms with Crippen molar-refractivity contribution in [1.82, 2.24) is 9.78 Å². The van der Waals surface area contributed by atoms with Crippen LogP contribution >= 0.6 is 0 Å². The molecule has 2 aliphatic heterocycles. The van der Waals surface area contributed by atoms with E-state index in [0.717, 1.165) is 5.76 Å². The minimum Gasteiger partial charge on any atom is -0.486 e. The lowest BCUT2D eigenvalue weighted by atomic mass is 10.1. The molecule has 9 nitrogen and oxygen atoms in total. The summed E-state index contributed by atoms with van der Waals surface area (Å²) in [5.41, 5.74) is 0.697. The predicted octanol–water partition coefficient (Wildman–Crippen LogP) is 2.29. The predicted molar refractivity (Wildman–Crippen MR) is 107 cm³/mol. The number of nitrogens with one attached hydrogen (secondary N) is 1. The monoisotopic (exact) mass is 408 g/mol.